The molecule has 76 valence electrons. The van der Waals surface area contributed by atoms with Gasteiger partial charge in [0.25, 0.3) is 0 Å². The second-order valence-corrected chi connectivity index (χ2v) is 2.87. The zero-order valence-electron chi connectivity index (χ0n) is 8.44. The number of rotatable bonds is 7. The molecule has 0 aromatic rings. The fourth-order valence-electron chi connectivity index (χ4n) is 1.07. The number of ether oxygens (including phenoxy) is 1. The van der Waals surface area contributed by atoms with Crippen LogP contribution in [-0.4, -0.2) is 35.6 Å². The molecular formula is C10H19NO2. The molecule has 1 N–H and O–H groups in total. The summed E-state index contributed by atoms with van der Waals surface area (Å²) in [6, 6.07) is 0. The largest absolute Gasteiger partial charge is 0.368 e. The Balaban J connectivity index is 4.00. The van der Waals surface area contributed by atoms with E-state index < -0.39 is 6.29 Å². The smallest absolute Gasteiger partial charge is 0.153 e. The van der Waals surface area contributed by atoms with Gasteiger partial charge in [0.05, 0.1) is 0 Å². The van der Waals surface area contributed by atoms with Gasteiger partial charge in [-0.25, -0.2) is 0 Å². The molecule has 0 aromatic heterocycles. The van der Waals surface area contributed by atoms with E-state index in [0.29, 0.717) is 0 Å². The first-order valence-electron chi connectivity index (χ1n) is 4.41. The van der Waals surface area contributed by atoms with Crippen LogP contribution in [0.1, 0.15) is 13.8 Å². The maximum atomic E-state index is 9.01. The minimum atomic E-state index is -0.743. The summed E-state index contributed by atoms with van der Waals surface area (Å²) in [5, 5.41) is 9.01. The summed E-state index contributed by atoms with van der Waals surface area (Å²) in [5.41, 5.74) is 0. The van der Waals surface area contributed by atoms with Crippen LogP contribution in [-0.2, 0) is 4.74 Å². The standard InChI is InChI=1S/C10H19NO2/c1-5-7-11(8-6-2)9(3)13-10(4)12/h5-6,9-10,12H,1-2,7-8H2,3-4H3. The average Bonchev–Trinajstić information content (AvgIpc) is 2.02. The van der Waals surface area contributed by atoms with Crippen LogP contribution >= 0.6 is 0 Å². The van der Waals surface area contributed by atoms with Crippen molar-refractivity contribution in [1.29, 1.82) is 0 Å². The Labute approximate surface area is 80.3 Å². The highest BCUT2D eigenvalue weighted by atomic mass is 16.6. The molecule has 0 aromatic carbocycles. The summed E-state index contributed by atoms with van der Waals surface area (Å²) in [6.45, 7) is 12.2. The SMILES string of the molecule is C=CCN(CC=C)C(C)OC(C)O. The minimum absolute atomic E-state index is 0.129. The Morgan fingerprint density at radius 3 is 2.08 bits per heavy atom. The predicted octanol–water partition coefficient (Wildman–Crippen LogP) is 1.36. The molecule has 0 aliphatic rings. The molecule has 0 fully saturated rings. The van der Waals surface area contributed by atoms with E-state index in [1.165, 1.54) is 0 Å². The normalized spacial score (nSPS) is 15.4. The predicted molar refractivity (Wildman–Crippen MR) is 54.2 cm³/mol. The van der Waals surface area contributed by atoms with Crippen molar-refractivity contribution in [1.82, 2.24) is 4.90 Å². The Kier molecular flexibility index (Phi) is 6.49. The average molecular weight is 185 g/mol. The number of aliphatic hydroxyl groups is 1. The molecule has 0 radical (unpaired) electrons. The van der Waals surface area contributed by atoms with Crippen LogP contribution in [0.2, 0.25) is 0 Å². The molecular weight excluding hydrogens is 166 g/mol. The molecule has 0 rings (SSSR count). The summed E-state index contributed by atoms with van der Waals surface area (Å²) in [5.74, 6) is 0. The molecule has 0 saturated heterocycles. The third-order valence-corrected chi connectivity index (χ3v) is 1.64. The minimum Gasteiger partial charge on any atom is -0.368 e. The number of hydrogen-bond donors (Lipinski definition) is 1. The number of aliphatic hydroxyl groups excluding tert-OH is 1. The van der Waals surface area contributed by atoms with Gasteiger partial charge >= 0.3 is 0 Å². The van der Waals surface area contributed by atoms with Gasteiger partial charge in [-0.1, -0.05) is 12.2 Å². The van der Waals surface area contributed by atoms with Crippen molar-refractivity contribution in [3.63, 3.8) is 0 Å². The van der Waals surface area contributed by atoms with Gasteiger partial charge in [-0.15, -0.1) is 13.2 Å². The lowest BCUT2D eigenvalue weighted by Crippen LogP contribution is -2.37. The van der Waals surface area contributed by atoms with Crippen molar-refractivity contribution in [2.75, 3.05) is 13.1 Å². The van der Waals surface area contributed by atoms with Crippen LogP contribution in [0, 0.1) is 0 Å². The number of nitrogens with zero attached hydrogens (tertiary/aromatic N) is 1. The summed E-state index contributed by atoms with van der Waals surface area (Å²) in [7, 11) is 0. The summed E-state index contributed by atoms with van der Waals surface area (Å²) in [4.78, 5) is 2.01. The Morgan fingerprint density at radius 2 is 1.77 bits per heavy atom. The van der Waals surface area contributed by atoms with E-state index in [1.807, 2.05) is 11.8 Å². The van der Waals surface area contributed by atoms with Gasteiger partial charge in [0.15, 0.2) is 6.29 Å². The summed E-state index contributed by atoms with van der Waals surface area (Å²) >= 11 is 0. The van der Waals surface area contributed by atoms with Gasteiger partial charge in [0, 0.05) is 13.1 Å². The first-order chi connectivity index (χ1) is 6.11. The van der Waals surface area contributed by atoms with Gasteiger partial charge in [-0.2, -0.15) is 0 Å². The highest BCUT2D eigenvalue weighted by Gasteiger charge is 2.12. The van der Waals surface area contributed by atoms with E-state index in [9.17, 15) is 0 Å². The van der Waals surface area contributed by atoms with Crippen molar-refractivity contribution < 1.29 is 9.84 Å². The van der Waals surface area contributed by atoms with Crippen LogP contribution in [0.5, 0.6) is 0 Å². The zero-order chi connectivity index (χ0) is 10.3. The highest BCUT2D eigenvalue weighted by molar-refractivity contribution is 4.80. The molecule has 3 heteroatoms. The summed E-state index contributed by atoms with van der Waals surface area (Å²) < 4.78 is 5.20. The van der Waals surface area contributed by atoms with Crippen LogP contribution in [0.3, 0.4) is 0 Å². The fourth-order valence-corrected chi connectivity index (χ4v) is 1.07. The molecule has 0 bridgehead atoms. The van der Waals surface area contributed by atoms with Crippen molar-refractivity contribution in [2.45, 2.75) is 26.4 Å². The van der Waals surface area contributed by atoms with E-state index in [2.05, 4.69) is 13.2 Å². The molecule has 0 aliphatic carbocycles. The molecule has 0 amide bonds. The quantitative estimate of drug-likeness (QED) is 0.480. The van der Waals surface area contributed by atoms with Crippen LogP contribution in [0.15, 0.2) is 25.3 Å². The lowest BCUT2D eigenvalue weighted by molar-refractivity contribution is -0.162. The van der Waals surface area contributed by atoms with Crippen molar-refractivity contribution in [3.05, 3.63) is 25.3 Å². The Hall–Kier alpha value is -0.640. The first-order valence-corrected chi connectivity index (χ1v) is 4.41. The molecule has 13 heavy (non-hydrogen) atoms. The molecule has 0 saturated carbocycles. The van der Waals surface area contributed by atoms with Crippen molar-refractivity contribution in [3.8, 4) is 0 Å². The molecule has 0 heterocycles. The van der Waals surface area contributed by atoms with E-state index in [4.69, 9.17) is 9.84 Å². The van der Waals surface area contributed by atoms with Crippen molar-refractivity contribution in [2.24, 2.45) is 0 Å². The molecule has 2 unspecified atom stereocenters. The highest BCUT2D eigenvalue weighted by Crippen LogP contribution is 2.03. The maximum absolute atomic E-state index is 9.01. The van der Waals surface area contributed by atoms with Crippen LogP contribution in [0.25, 0.3) is 0 Å². The van der Waals surface area contributed by atoms with Crippen LogP contribution in [0.4, 0.5) is 0 Å². The zero-order valence-corrected chi connectivity index (χ0v) is 8.44. The fraction of sp³-hybridized carbons (Fsp3) is 0.600. The lowest BCUT2D eigenvalue weighted by atomic mass is 10.4. The van der Waals surface area contributed by atoms with Crippen molar-refractivity contribution >= 4 is 0 Å². The Morgan fingerprint density at radius 1 is 1.31 bits per heavy atom. The van der Waals surface area contributed by atoms with Gasteiger partial charge < -0.3 is 9.84 Å². The maximum Gasteiger partial charge on any atom is 0.153 e. The van der Waals surface area contributed by atoms with E-state index in [-0.39, 0.29) is 6.23 Å². The van der Waals surface area contributed by atoms with Gasteiger partial charge in [0.2, 0.25) is 0 Å². The topological polar surface area (TPSA) is 32.7 Å². The molecule has 3 nitrogen and oxygen atoms in total. The molecule has 0 aliphatic heterocycles. The number of hydrogen-bond acceptors (Lipinski definition) is 3. The van der Waals surface area contributed by atoms with Gasteiger partial charge in [-0.3, -0.25) is 4.90 Å². The van der Waals surface area contributed by atoms with Gasteiger partial charge in [-0.05, 0) is 13.8 Å². The molecule has 0 spiro atoms. The Bertz CT molecular complexity index is 147. The first kappa shape index (κ1) is 12.4. The van der Waals surface area contributed by atoms with Gasteiger partial charge in [0.1, 0.15) is 6.23 Å². The summed E-state index contributed by atoms with van der Waals surface area (Å²) in [6.07, 6.45) is 2.72. The third kappa shape index (κ3) is 5.58. The second kappa shape index (κ2) is 6.83. The van der Waals surface area contributed by atoms with Crippen LogP contribution < -0.4 is 0 Å². The monoisotopic (exact) mass is 185 g/mol. The van der Waals surface area contributed by atoms with E-state index >= 15 is 0 Å². The van der Waals surface area contributed by atoms with E-state index in [1.54, 1.807) is 19.1 Å². The second-order valence-electron chi connectivity index (χ2n) is 2.87. The third-order valence-electron chi connectivity index (χ3n) is 1.64. The van der Waals surface area contributed by atoms with E-state index in [0.717, 1.165) is 13.1 Å². The molecule has 2 atom stereocenters. The lowest BCUT2D eigenvalue weighted by Gasteiger charge is -2.27.